The number of aryl methyl sites for hydroxylation is 1. The first-order valence-corrected chi connectivity index (χ1v) is 14.2. The molecule has 0 spiro atoms. The molecule has 3 unspecified atom stereocenters. The molecular formula is C35H39FN2O2. The molecule has 5 heteroatoms. The van der Waals surface area contributed by atoms with Gasteiger partial charge in [-0.1, -0.05) is 70.5 Å². The molecule has 0 aliphatic rings. The Bertz CT molecular complexity index is 1370. The summed E-state index contributed by atoms with van der Waals surface area (Å²) in [5.41, 5.74) is 4.41. The van der Waals surface area contributed by atoms with E-state index in [1.165, 1.54) is 12.1 Å². The number of carbonyl (C=O) groups excluding carboxylic acids is 2. The second kappa shape index (κ2) is 15.0. The van der Waals surface area contributed by atoms with E-state index in [2.05, 4.69) is 19.6 Å². The van der Waals surface area contributed by atoms with E-state index in [-0.39, 0.29) is 23.4 Å². The number of carbonyl (C=O) groups is 2. The Kier molecular flexibility index (Phi) is 11.5. The van der Waals surface area contributed by atoms with Crippen molar-refractivity contribution in [3.05, 3.63) is 95.4 Å². The van der Waals surface area contributed by atoms with Gasteiger partial charge in [-0.25, -0.2) is 9.37 Å². The lowest BCUT2D eigenvalue weighted by Gasteiger charge is -2.19. The second-order valence-corrected chi connectivity index (χ2v) is 10.8. The SMILES string of the molecule is C=C(CCc1cccc(F)c1)c1nc(-c2ccccc2C#N)ccc1C(=O)C(C)CC(C)CCCC(C=O)CC. The van der Waals surface area contributed by atoms with Gasteiger partial charge in [0, 0.05) is 23.0 Å². The number of rotatable bonds is 15. The highest BCUT2D eigenvalue weighted by atomic mass is 19.1. The Balaban J connectivity index is 1.84. The minimum atomic E-state index is -0.286. The van der Waals surface area contributed by atoms with Gasteiger partial charge in [-0.3, -0.25) is 4.79 Å². The second-order valence-electron chi connectivity index (χ2n) is 10.8. The number of benzene rings is 2. The van der Waals surface area contributed by atoms with Crippen LogP contribution >= 0.6 is 0 Å². The smallest absolute Gasteiger partial charge is 0.167 e. The van der Waals surface area contributed by atoms with E-state index in [9.17, 15) is 19.2 Å². The van der Waals surface area contributed by atoms with Crippen LogP contribution in [0.3, 0.4) is 0 Å². The van der Waals surface area contributed by atoms with E-state index in [1.807, 2.05) is 38.1 Å². The van der Waals surface area contributed by atoms with Gasteiger partial charge in [0.25, 0.3) is 0 Å². The molecule has 0 amide bonds. The Morgan fingerprint density at radius 3 is 2.58 bits per heavy atom. The zero-order chi connectivity index (χ0) is 29.1. The van der Waals surface area contributed by atoms with Gasteiger partial charge < -0.3 is 4.79 Å². The Hall–Kier alpha value is -3.91. The summed E-state index contributed by atoms with van der Waals surface area (Å²) in [6.45, 7) is 10.4. The molecule has 0 bridgehead atoms. The summed E-state index contributed by atoms with van der Waals surface area (Å²) in [4.78, 5) is 29.7. The third kappa shape index (κ3) is 8.29. The van der Waals surface area contributed by atoms with Gasteiger partial charge in [0.2, 0.25) is 0 Å². The van der Waals surface area contributed by atoms with Crippen LogP contribution in [0.15, 0.2) is 67.2 Å². The van der Waals surface area contributed by atoms with Crippen molar-refractivity contribution in [1.82, 2.24) is 4.98 Å². The summed E-state index contributed by atoms with van der Waals surface area (Å²) in [5, 5.41) is 9.61. The van der Waals surface area contributed by atoms with Gasteiger partial charge in [-0.15, -0.1) is 0 Å². The molecule has 40 heavy (non-hydrogen) atoms. The number of aromatic nitrogens is 1. The first-order chi connectivity index (χ1) is 19.3. The van der Waals surface area contributed by atoms with Crippen LogP contribution in [0.4, 0.5) is 4.39 Å². The number of pyridine rings is 1. The molecule has 0 N–H and O–H groups in total. The zero-order valence-electron chi connectivity index (χ0n) is 23.8. The monoisotopic (exact) mass is 538 g/mol. The molecule has 4 nitrogen and oxygen atoms in total. The maximum Gasteiger partial charge on any atom is 0.167 e. The van der Waals surface area contributed by atoms with Crippen molar-refractivity contribution in [1.29, 1.82) is 5.26 Å². The van der Waals surface area contributed by atoms with Gasteiger partial charge in [0.15, 0.2) is 5.78 Å². The molecule has 208 valence electrons. The number of aldehydes is 1. The molecule has 3 rings (SSSR count). The number of allylic oxidation sites excluding steroid dienone is 1. The molecule has 3 aromatic rings. The normalized spacial score (nSPS) is 13.2. The number of hydrogen-bond acceptors (Lipinski definition) is 4. The fourth-order valence-electron chi connectivity index (χ4n) is 5.18. The number of halogens is 1. The lowest BCUT2D eigenvalue weighted by molar-refractivity contribution is -0.111. The van der Waals surface area contributed by atoms with E-state index in [4.69, 9.17) is 4.98 Å². The molecule has 3 atom stereocenters. The molecular weight excluding hydrogens is 499 g/mol. The van der Waals surface area contributed by atoms with Crippen molar-refractivity contribution in [3.8, 4) is 17.3 Å². The molecule has 0 aliphatic heterocycles. The van der Waals surface area contributed by atoms with Crippen molar-refractivity contribution in [2.45, 2.75) is 65.7 Å². The van der Waals surface area contributed by atoms with E-state index >= 15 is 0 Å². The lowest BCUT2D eigenvalue weighted by atomic mass is 9.85. The molecule has 0 aliphatic carbocycles. The standard InChI is InChI=1S/C35H39FN2O2/c1-5-27(23-39)11-8-10-24(2)20-26(4)35(40)32-18-19-33(31-15-7-6-13-29(31)22-37)38-34(32)25(3)16-17-28-12-9-14-30(36)21-28/h6-7,9,12-15,18-19,21,23-24,26-27H,3,5,8,10-11,16-17,20H2,1-2,4H3. The molecule has 0 radical (unpaired) electrons. The van der Waals surface area contributed by atoms with Crippen molar-refractivity contribution in [3.63, 3.8) is 0 Å². The largest absolute Gasteiger partial charge is 0.303 e. The van der Waals surface area contributed by atoms with Crippen molar-refractivity contribution in [2.24, 2.45) is 17.8 Å². The Labute approximate surface area is 238 Å². The van der Waals surface area contributed by atoms with Crippen LogP contribution < -0.4 is 0 Å². The summed E-state index contributed by atoms with van der Waals surface area (Å²) in [7, 11) is 0. The third-order valence-electron chi connectivity index (χ3n) is 7.62. The maximum atomic E-state index is 13.7. The number of ketones is 1. The minimum absolute atomic E-state index is 0.0145. The fraction of sp³-hybridized carbons (Fsp3) is 0.371. The van der Waals surface area contributed by atoms with E-state index in [0.29, 0.717) is 52.4 Å². The molecule has 1 heterocycles. The number of nitriles is 1. The number of Topliss-reactive ketones (excluding diaryl/α,β-unsaturated/α-hetero) is 1. The van der Waals surface area contributed by atoms with Gasteiger partial charge in [0.1, 0.15) is 12.1 Å². The van der Waals surface area contributed by atoms with Crippen LogP contribution in [0.1, 0.15) is 86.5 Å². The lowest BCUT2D eigenvalue weighted by Crippen LogP contribution is -2.17. The van der Waals surface area contributed by atoms with Gasteiger partial charge in [-0.05, 0) is 79.5 Å². The van der Waals surface area contributed by atoms with Crippen molar-refractivity contribution < 1.29 is 14.0 Å². The molecule has 0 saturated heterocycles. The van der Waals surface area contributed by atoms with Crippen LogP contribution in [0, 0.1) is 34.9 Å². The van der Waals surface area contributed by atoms with Crippen LogP contribution in [0.2, 0.25) is 0 Å². The summed E-state index contributed by atoms with van der Waals surface area (Å²) in [6.07, 6.45) is 6.55. The highest BCUT2D eigenvalue weighted by molar-refractivity contribution is 6.01. The summed E-state index contributed by atoms with van der Waals surface area (Å²) < 4.78 is 13.7. The minimum Gasteiger partial charge on any atom is -0.303 e. The van der Waals surface area contributed by atoms with Crippen molar-refractivity contribution in [2.75, 3.05) is 0 Å². The molecule has 0 saturated carbocycles. The predicted octanol–water partition coefficient (Wildman–Crippen LogP) is 8.65. The van der Waals surface area contributed by atoms with Gasteiger partial charge in [-0.2, -0.15) is 5.26 Å². The van der Waals surface area contributed by atoms with Crippen molar-refractivity contribution >= 4 is 17.6 Å². The molecule has 1 aromatic heterocycles. The first-order valence-electron chi connectivity index (χ1n) is 14.2. The van der Waals surface area contributed by atoms with E-state index in [1.54, 1.807) is 24.3 Å². The summed E-state index contributed by atoms with van der Waals surface area (Å²) in [5.74, 6) is -0.0236. The van der Waals surface area contributed by atoms with Crippen LogP contribution in [0.25, 0.3) is 16.8 Å². The van der Waals surface area contributed by atoms with Gasteiger partial charge in [0.05, 0.1) is 23.0 Å². The highest BCUT2D eigenvalue weighted by Gasteiger charge is 2.23. The van der Waals surface area contributed by atoms with Crippen LogP contribution in [-0.4, -0.2) is 17.1 Å². The highest BCUT2D eigenvalue weighted by Crippen LogP contribution is 2.30. The summed E-state index contributed by atoms with van der Waals surface area (Å²) >= 11 is 0. The first kappa shape index (κ1) is 30.6. The van der Waals surface area contributed by atoms with E-state index < -0.39 is 0 Å². The van der Waals surface area contributed by atoms with Crippen LogP contribution in [-0.2, 0) is 11.2 Å². The average molecular weight is 539 g/mol. The number of hydrogen-bond donors (Lipinski definition) is 0. The van der Waals surface area contributed by atoms with E-state index in [0.717, 1.165) is 44.0 Å². The predicted molar refractivity (Wildman–Crippen MR) is 159 cm³/mol. The molecule has 2 aromatic carbocycles. The number of nitrogens with zero attached hydrogens (tertiary/aromatic N) is 2. The third-order valence-corrected chi connectivity index (χ3v) is 7.62. The zero-order valence-corrected chi connectivity index (χ0v) is 23.8. The average Bonchev–Trinajstić information content (AvgIpc) is 2.97. The molecule has 0 fully saturated rings. The fourth-order valence-corrected chi connectivity index (χ4v) is 5.18. The van der Waals surface area contributed by atoms with Gasteiger partial charge >= 0.3 is 0 Å². The maximum absolute atomic E-state index is 13.7. The quantitative estimate of drug-likeness (QED) is 0.143. The topological polar surface area (TPSA) is 70.8 Å². The Morgan fingerprint density at radius 2 is 1.88 bits per heavy atom. The summed E-state index contributed by atoms with van der Waals surface area (Å²) in [6, 6.07) is 19.6. The van der Waals surface area contributed by atoms with Crippen LogP contribution in [0.5, 0.6) is 0 Å². The Morgan fingerprint density at radius 1 is 1.10 bits per heavy atom.